The highest BCUT2D eigenvalue weighted by Gasteiger charge is 2.20. The Kier molecular flexibility index (Phi) is 8.45. The lowest BCUT2D eigenvalue weighted by Gasteiger charge is -2.17. The van der Waals surface area contributed by atoms with Gasteiger partial charge in [0.2, 0.25) is 0 Å². The molecular formula is C21H30N4O3S. The number of rotatable bonds is 8. The number of nitrogens with zero attached hydrogens (tertiary/aromatic N) is 2. The van der Waals surface area contributed by atoms with Crippen molar-refractivity contribution in [3.63, 3.8) is 0 Å². The molecule has 1 aromatic carbocycles. The van der Waals surface area contributed by atoms with E-state index in [1.807, 2.05) is 39.8 Å². The Bertz CT molecular complexity index is 864. The van der Waals surface area contributed by atoms with Crippen LogP contribution >= 0.6 is 11.3 Å². The summed E-state index contributed by atoms with van der Waals surface area (Å²) in [6, 6.07) is 6.03. The van der Waals surface area contributed by atoms with Crippen LogP contribution in [0.3, 0.4) is 0 Å². The van der Waals surface area contributed by atoms with Crippen molar-refractivity contribution in [2.45, 2.75) is 47.2 Å². The summed E-state index contributed by atoms with van der Waals surface area (Å²) in [6.07, 6.45) is 0. The van der Waals surface area contributed by atoms with Gasteiger partial charge in [0, 0.05) is 13.6 Å². The van der Waals surface area contributed by atoms with E-state index in [1.54, 1.807) is 14.0 Å². The van der Waals surface area contributed by atoms with Crippen molar-refractivity contribution >= 4 is 23.3 Å². The van der Waals surface area contributed by atoms with Crippen molar-refractivity contribution in [2.75, 3.05) is 20.3 Å². The third kappa shape index (κ3) is 6.19. The summed E-state index contributed by atoms with van der Waals surface area (Å²) in [6.45, 7) is 11.2. The molecule has 1 atom stereocenters. The second-order valence-corrected chi connectivity index (χ2v) is 7.54. The first kappa shape index (κ1) is 22.7. The standard InChI is InChI=1S/C21H30N4O3S/c1-7-27-17-10-9-16(11-13(17)3)12-23-21(22-6)25-15(5)19-24-14(4)18(29-19)20(26)28-8-2/h9-11,15H,7-8,12H2,1-6H3,(H2,22,23,25). The minimum absolute atomic E-state index is 0.102. The van der Waals surface area contributed by atoms with Crippen LogP contribution in [0.1, 0.15) is 58.3 Å². The summed E-state index contributed by atoms with van der Waals surface area (Å²) in [5.41, 5.74) is 2.92. The molecule has 0 saturated heterocycles. The molecule has 1 unspecified atom stereocenters. The molecule has 0 amide bonds. The van der Waals surface area contributed by atoms with Crippen molar-refractivity contribution in [3.05, 3.63) is 44.9 Å². The number of hydrogen-bond acceptors (Lipinski definition) is 6. The van der Waals surface area contributed by atoms with E-state index in [-0.39, 0.29) is 12.0 Å². The molecule has 1 aromatic heterocycles. The molecule has 0 bridgehead atoms. The maximum absolute atomic E-state index is 12.0. The number of aliphatic imine (C=N–C) groups is 1. The molecule has 7 nitrogen and oxygen atoms in total. The summed E-state index contributed by atoms with van der Waals surface area (Å²) in [4.78, 5) is 21.4. The van der Waals surface area contributed by atoms with Gasteiger partial charge in [-0.1, -0.05) is 12.1 Å². The van der Waals surface area contributed by atoms with E-state index >= 15 is 0 Å². The number of carbonyl (C=O) groups is 1. The number of thiazole rings is 1. The van der Waals surface area contributed by atoms with Gasteiger partial charge in [0.25, 0.3) is 0 Å². The second-order valence-electron chi connectivity index (χ2n) is 6.51. The highest BCUT2D eigenvalue weighted by atomic mass is 32.1. The molecule has 1 heterocycles. The molecule has 0 aliphatic rings. The van der Waals surface area contributed by atoms with Gasteiger partial charge >= 0.3 is 5.97 Å². The molecule has 8 heteroatoms. The lowest BCUT2D eigenvalue weighted by Crippen LogP contribution is -2.38. The number of hydrogen-bond donors (Lipinski definition) is 2. The monoisotopic (exact) mass is 418 g/mol. The third-order valence-corrected chi connectivity index (χ3v) is 5.54. The van der Waals surface area contributed by atoms with Crippen LogP contribution in [-0.4, -0.2) is 37.2 Å². The van der Waals surface area contributed by atoms with Crippen molar-refractivity contribution in [1.29, 1.82) is 0 Å². The molecule has 2 rings (SSSR count). The lowest BCUT2D eigenvalue weighted by molar-refractivity contribution is 0.0531. The summed E-state index contributed by atoms with van der Waals surface area (Å²) in [5.74, 6) is 1.24. The average molecular weight is 419 g/mol. The van der Waals surface area contributed by atoms with Crippen LogP contribution in [0.2, 0.25) is 0 Å². The minimum Gasteiger partial charge on any atom is -0.494 e. The SMILES string of the molecule is CCOC(=O)c1sc(C(C)NC(=NC)NCc2ccc(OCC)c(C)c2)nc1C. The third-order valence-electron chi connectivity index (χ3n) is 4.22. The van der Waals surface area contributed by atoms with Gasteiger partial charge in [-0.2, -0.15) is 0 Å². The van der Waals surface area contributed by atoms with Crippen molar-refractivity contribution in [3.8, 4) is 5.75 Å². The number of guanidine groups is 1. The van der Waals surface area contributed by atoms with Crippen molar-refractivity contribution < 1.29 is 14.3 Å². The van der Waals surface area contributed by atoms with E-state index in [0.717, 1.165) is 21.9 Å². The van der Waals surface area contributed by atoms with Crippen LogP contribution in [0.15, 0.2) is 23.2 Å². The lowest BCUT2D eigenvalue weighted by atomic mass is 10.1. The van der Waals surface area contributed by atoms with E-state index < -0.39 is 0 Å². The van der Waals surface area contributed by atoms with Gasteiger partial charge < -0.3 is 20.1 Å². The largest absolute Gasteiger partial charge is 0.494 e. The summed E-state index contributed by atoms with van der Waals surface area (Å²) in [5, 5.41) is 7.44. The first-order valence-electron chi connectivity index (χ1n) is 9.73. The summed E-state index contributed by atoms with van der Waals surface area (Å²) < 4.78 is 10.7. The molecule has 0 fully saturated rings. The Morgan fingerprint density at radius 3 is 2.66 bits per heavy atom. The van der Waals surface area contributed by atoms with Crippen LogP contribution in [0.4, 0.5) is 0 Å². The van der Waals surface area contributed by atoms with Crippen LogP contribution in [0.5, 0.6) is 5.75 Å². The van der Waals surface area contributed by atoms with Gasteiger partial charge in [-0.05, 0) is 51.8 Å². The second kappa shape index (κ2) is 10.8. The normalized spacial score (nSPS) is 12.4. The molecule has 2 N–H and O–H groups in total. The molecule has 29 heavy (non-hydrogen) atoms. The molecule has 0 saturated carbocycles. The Hall–Kier alpha value is -2.61. The predicted molar refractivity (Wildman–Crippen MR) is 117 cm³/mol. The van der Waals surface area contributed by atoms with E-state index in [2.05, 4.69) is 26.7 Å². The molecule has 0 aliphatic heterocycles. The molecular weight excluding hydrogens is 388 g/mol. The fraction of sp³-hybridized carbons (Fsp3) is 0.476. The Morgan fingerprint density at radius 2 is 2.03 bits per heavy atom. The van der Waals surface area contributed by atoms with Crippen LogP contribution in [0, 0.1) is 13.8 Å². The quantitative estimate of drug-likeness (QED) is 0.386. The fourth-order valence-electron chi connectivity index (χ4n) is 2.77. The average Bonchev–Trinajstić information content (AvgIpc) is 3.09. The van der Waals surface area contributed by atoms with Gasteiger partial charge in [-0.15, -0.1) is 11.3 Å². The van der Waals surface area contributed by atoms with E-state index in [9.17, 15) is 4.79 Å². The number of esters is 1. The fourth-order valence-corrected chi connectivity index (χ4v) is 3.74. The Morgan fingerprint density at radius 1 is 1.28 bits per heavy atom. The Labute approximate surface area is 176 Å². The van der Waals surface area contributed by atoms with Crippen molar-refractivity contribution in [1.82, 2.24) is 15.6 Å². The van der Waals surface area contributed by atoms with Crippen molar-refractivity contribution in [2.24, 2.45) is 4.99 Å². The maximum atomic E-state index is 12.0. The number of ether oxygens (including phenoxy) is 2. The van der Waals surface area contributed by atoms with E-state index in [1.165, 1.54) is 11.3 Å². The smallest absolute Gasteiger partial charge is 0.350 e. The number of aromatic nitrogens is 1. The van der Waals surface area contributed by atoms with Gasteiger partial charge in [0.05, 0.1) is 24.9 Å². The summed E-state index contributed by atoms with van der Waals surface area (Å²) in [7, 11) is 1.72. The van der Waals surface area contributed by atoms with Crippen LogP contribution < -0.4 is 15.4 Å². The zero-order valence-corrected chi connectivity index (χ0v) is 18.8. The Balaban J connectivity index is 1.98. The highest BCUT2D eigenvalue weighted by molar-refractivity contribution is 7.13. The van der Waals surface area contributed by atoms with Gasteiger partial charge in [0.1, 0.15) is 15.6 Å². The maximum Gasteiger partial charge on any atom is 0.350 e. The van der Waals surface area contributed by atoms with E-state index in [0.29, 0.717) is 36.3 Å². The number of aryl methyl sites for hydroxylation is 2. The first-order valence-corrected chi connectivity index (χ1v) is 10.5. The van der Waals surface area contributed by atoms with Crippen LogP contribution in [-0.2, 0) is 11.3 Å². The number of nitrogens with one attached hydrogen (secondary N) is 2. The molecule has 0 radical (unpaired) electrons. The van der Waals surface area contributed by atoms with E-state index in [4.69, 9.17) is 9.47 Å². The first-order chi connectivity index (χ1) is 13.9. The topological polar surface area (TPSA) is 84.8 Å². The molecule has 0 aliphatic carbocycles. The molecule has 158 valence electrons. The summed E-state index contributed by atoms with van der Waals surface area (Å²) >= 11 is 1.35. The van der Waals surface area contributed by atoms with Gasteiger partial charge in [-0.25, -0.2) is 9.78 Å². The number of benzene rings is 1. The minimum atomic E-state index is -0.325. The van der Waals surface area contributed by atoms with Gasteiger partial charge in [-0.3, -0.25) is 4.99 Å². The predicted octanol–water partition coefficient (Wildman–Crippen LogP) is 3.76. The number of carbonyl (C=O) groups excluding carboxylic acids is 1. The molecule has 2 aromatic rings. The highest BCUT2D eigenvalue weighted by Crippen LogP contribution is 2.24. The molecule has 0 spiro atoms. The zero-order valence-electron chi connectivity index (χ0n) is 18.0. The zero-order chi connectivity index (χ0) is 21.4. The van der Waals surface area contributed by atoms with Crippen LogP contribution in [0.25, 0.3) is 0 Å². The van der Waals surface area contributed by atoms with Gasteiger partial charge in [0.15, 0.2) is 5.96 Å².